The molecule has 1 atom stereocenters. The van der Waals surface area contributed by atoms with Crippen molar-refractivity contribution in [3.63, 3.8) is 0 Å². The van der Waals surface area contributed by atoms with E-state index in [9.17, 15) is 16.8 Å². The summed E-state index contributed by atoms with van der Waals surface area (Å²) in [7, 11) is -8.44. The van der Waals surface area contributed by atoms with Crippen LogP contribution in [-0.2, 0) is 38.9 Å². The SMILES string of the molecule is Cc1cccc(N(CCOCCOCCOS(=O)(=O)O)CC(C)OCCCS(=O)(=O)O)c1. The molecule has 0 radical (unpaired) electrons. The van der Waals surface area contributed by atoms with Gasteiger partial charge in [-0.1, -0.05) is 12.1 Å². The summed E-state index contributed by atoms with van der Waals surface area (Å²) in [4.78, 5) is 2.10. The normalized spacial score (nSPS) is 13.2. The fraction of sp³-hybridized carbons (Fsp3) is 0.684. The van der Waals surface area contributed by atoms with Crippen LogP contribution < -0.4 is 4.90 Å². The second-order valence-electron chi connectivity index (χ2n) is 7.08. The third-order valence-corrected chi connectivity index (χ3v) is 5.40. The molecular weight excluding hydrogens is 466 g/mol. The Hall–Kier alpha value is -1.32. The lowest BCUT2D eigenvalue weighted by molar-refractivity contribution is 0.0365. The molecular formula is C19H33NO10S2. The Kier molecular flexibility index (Phi) is 13.2. The van der Waals surface area contributed by atoms with Crippen molar-refractivity contribution in [1.82, 2.24) is 0 Å². The van der Waals surface area contributed by atoms with Crippen LogP contribution in [0.4, 0.5) is 5.69 Å². The quantitative estimate of drug-likeness (QED) is 0.222. The van der Waals surface area contributed by atoms with Gasteiger partial charge in [-0.2, -0.15) is 16.8 Å². The molecule has 1 aromatic carbocycles. The van der Waals surface area contributed by atoms with Crippen molar-refractivity contribution < 1.29 is 44.3 Å². The summed E-state index contributed by atoms with van der Waals surface area (Å²) >= 11 is 0. The van der Waals surface area contributed by atoms with Gasteiger partial charge in [0.1, 0.15) is 0 Å². The molecule has 0 fully saturated rings. The van der Waals surface area contributed by atoms with Gasteiger partial charge in [0.2, 0.25) is 0 Å². The first-order valence-corrected chi connectivity index (χ1v) is 13.1. The fourth-order valence-electron chi connectivity index (χ4n) is 2.73. The average molecular weight is 500 g/mol. The summed E-state index contributed by atoms with van der Waals surface area (Å²) in [6.45, 7) is 5.92. The third kappa shape index (κ3) is 15.5. The summed E-state index contributed by atoms with van der Waals surface area (Å²) < 4.78 is 80.1. The van der Waals surface area contributed by atoms with E-state index in [1.807, 2.05) is 38.1 Å². The molecule has 0 aliphatic heterocycles. The lowest BCUT2D eigenvalue weighted by atomic mass is 10.2. The van der Waals surface area contributed by atoms with E-state index in [0.29, 0.717) is 26.3 Å². The van der Waals surface area contributed by atoms with Gasteiger partial charge in [0.15, 0.2) is 0 Å². The highest BCUT2D eigenvalue weighted by molar-refractivity contribution is 7.85. The van der Waals surface area contributed by atoms with E-state index in [4.69, 9.17) is 23.3 Å². The van der Waals surface area contributed by atoms with Crippen molar-refractivity contribution in [2.75, 3.05) is 63.4 Å². The van der Waals surface area contributed by atoms with Crippen LogP contribution in [0.25, 0.3) is 0 Å². The summed E-state index contributed by atoms with van der Waals surface area (Å²) in [5, 5.41) is 0. The predicted molar refractivity (Wildman–Crippen MR) is 119 cm³/mol. The highest BCUT2D eigenvalue weighted by atomic mass is 32.3. The van der Waals surface area contributed by atoms with Crippen molar-refractivity contribution in [1.29, 1.82) is 0 Å². The monoisotopic (exact) mass is 499 g/mol. The maximum atomic E-state index is 10.8. The zero-order valence-electron chi connectivity index (χ0n) is 18.4. The molecule has 186 valence electrons. The van der Waals surface area contributed by atoms with Crippen molar-refractivity contribution in [3.05, 3.63) is 29.8 Å². The van der Waals surface area contributed by atoms with Gasteiger partial charge in [-0.15, -0.1) is 0 Å². The molecule has 1 unspecified atom stereocenters. The zero-order valence-corrected chi connectivity index (χ0v) is 20.0. The molecule has 0 aliphatic rings. The highest BCUT2D eigenvalue weighted by Crippen LogP contribution is 2.17. The number of hydrogen-bond acceptors (Lipinski definition) is 9. The number of anilines is 1. The zero-order chi connectivity index (χ0) is 24.0. The van der Waals surface area contributed by atoms with Gasteiger partial charge in [-0.05, 0) is 38.0 Å². The molecule has 0 bridgehead atoms. The maximum Gasteiger partial charge on any atom is 0.397 e. The van der Waals surface area contributed by atoms with Gasteiger partial charge >= 0.3 is 10.4 Å². The molecule has 0 saturated heterocycles. The van der Waals surface area contributed by atoms with Crippen LogP contribution in [0.1, 0.15) is 18.9 Å². The molecule has 0 heterocycles. The van der Waals surface area contributed by atoms with Gasteiger partial charge in [-0.3, -0.25) is 9.11 Å². The van der Waals surface area contributed by atoms with E-state index in [2.05, 4.69) is 9.08 Å². The molecule has 0 spiro atoms. The first-order chi connectivity index (χ1) is 15.0. The Morgan fingerprint density at radius 1 is 0.969 bits per heavy atom. The Balaban J connectivity index is 2.39. The summed E-state index contributed by atoms with van der Waals surface area (Å²) in [6.07, 6.45) is 0.0366. The van der Waals surface area contributed by atoms with E-state index in [0.717, 1.165) is 11.3 Å². The van der Waals surface area contributed by atoms with Crippen LogP contribution >= 0.6 is 0 Å². The van der Waals surface area contributed by atoms with Crippen LogP contribution in [0.2, 0.25) is 0 Å². The number of ether oxygens (including phenoxy) is 3. The summed E-state index contributed by atoms with van der Waals surface area (Å²) in [5.41, 5.74) is 2.11. The first kappa shape index (κ1) is 28.7. The first-order valence-electron chi connectivity index (χ1n) is 10.1. The molecule has 1 rings (SSSR count). The smallest absolute Gasteiger partial charge is 0.377 e. The lowest BCUT2D eigenvalue weighted by Gasteiger charge is -2.28. The Morgan fingerprint density at radius 3 is 2.25 bits per heavy atom. The topological polar surface area (TPSA) is 149 Å². The van der Waals surface area contributed by atoms with E-state index in [-0.39, 0.29) is 44.7 Å². The standard InChI is InChI=1S/C19H33NO10S2/c1-17-5-3-6-19(15-17)20(16-18(2)29-8-4-14-31(21,22)23)7-9-27-10-11-28-12-13-30-32(24,25)26/h3,5-6,15,18H,4,7-14,16H2,1-2H3,(H,21,22,23)(H,24,25,26). The molecule has 32 heavy (non-hydrogen) atoms. The van der Waals surface area contributed by atoms with Crippen molar-refractivity contribution in [2.24, 2.45) is 0 Å². The van der Waals surface area contributed by atoms with Crippen molar-refractivity contribution in [3.8, 4) is 0 Å². The van der Waals surface area contributed by atoms with Crippen molar-refractivity contribution in [2.45, 2.75) is 26.4 Å². The average Bonchev–Trinajstić information content (AvgIpc) is 2.67. The number of hydrogen-bond donors (Lipinski definition) is 2. The van der Waals surface area contributed by atoms with Gasteiger partial charge in [-0.25, -0.2) is 4.18 Å². The minimum absolute atomic E-state index is 0.00496. The highest BCUT2D eigenvalue weighted by Gasteiger charge is 2.13. The summed E-state index contributed by atoms with van der Waals surface area (Å²) in [5.74, 6) is -0.334. The number of aryl methyl sites for hydroxylation is 1. The van der Waals surface area contributed by atoms with E-state index in [1.165, 1.54) is 0 Å². The second-order valence-corrected chi connectivity index (χ2v) is 9.74. The molecule has 13 heteroatoms. The Labute approximate surface area is 190 Å². The van der Waals surface area contributed by atoms with Crippen LogP contribution in [0.3, 0.4) is 0 Å². The lowest BCUT2D eigenvalue weighted by Crippen LogP contribution is -2.35. The van der Waals surface area contributed by atoms with Crippen molar-refractivity contribution >= 4 is 26.2 Å². The second kappa shape index (κ2) is 14.8. The molecule has 0 amide bonds. The predicted octanol–water partition coefficient (Wildman–Crippen LogP) is 1.34. The fourth-order valence-corrected chi connectivity index (χ4v) is 3.50. The van der Waals surface area contributed by atoms with Crippen LogP contribution in [0, 0.1) is 6.92 Å². The van der Waals surface area contributed by atoms with Gasteiger partial charge in [0.05, 0.1) is 44.9 Å². The van der Waals surface area contributed by atoms with E-state index in [1.54, 1.807) is 0 Å². The van der Waals surface area contributed by atoms with Gasteiger partial charge in [0, 0.05) is 25.4 Å². The molecule has 11 nitrogen and oxygen atoms in total. The van der Waals surface area contributed by atoms with E-state index >= 15 is 0 Å². The van der Waals surface area contributed by atoms with Gasteiger partial charge < -0.3 is 19.1 Å². The van der Waals surface area contributed by atoms with Gasteiger partial charge in [0.25, 0.3) is 10.1 Å². The van der Waals surface area contributed by atoms with Crippen LogP contribution in [0.5, 0.6) is 0 Å². The number of rotatable bonds is 18. The molecule has 0 saturated carbocycles. The Morgan fingerprint density at radius 2 is 1.62 bits per heavy atom. The molecule has 1 aromatic rings. The van der Waals surface area contributed by atoms with Crippen LogP contribution in [0.15, 0.2) is 24.3 Å². The summed E-state index contributed by atoms with van der Waals surface area (Å²) in [6, 6.07) is 7.98. The minimum atomic E-state index is -4.45. The molecule has 0 aromatic heterocycles. The minimum Gasteiger partial charge on any atom is -0.377 e. The molecule has 2 N–H and O–H groups in total. The third-order valence-electron chi connectivity index (χ3n) is 4.13. The Bertz CT molecular complexity index is 861. The van der Waals surface area contributed by atoms with E-state index < -0.39 is 20.5 Å². The number of nitrogens with zero attached hydrogens (tertiary/aromatic N) is 1. The largest absolute Gasteiger partial charge is 0.397 e. The maximum absolute atomic E-state index is 10.8. The number of benzene rings is 1. The van der Waals surface area contributed by atoms with Crippen LogP contribution in [-0.4, -0.2) is 90.5 Å². The molecule has 0 aliphatic carbocycles.